The highest BCUT2D eigenvalue weighted by Gasteiger charge is 2.45. The SMILES string of the molecule is CN(CCCn1c(=O)oc2cc(CCNC[C@H](O)c3ccc(O)c4[nH]c(=O)ccc34)ccc21)c1csc(C(O)(C(=O)OC2CCCCC2)c2cccs2)c1. The molecule has 54 heavy (non-hydrogen) atoms. The van der Waals surface area contributed by atoms with Crippen LogP contribution in [0, 0.1) is 0 Å². The molecule has 2 atom stereocenters. The summed E-state index contributed by atoms with van der Waals surface area (Å²) in [5.41, 5.74) is 1.72. The van der Waals surface area contributed by atoms with E-state index in [9.17, 15) is 29.7 Å². The van der Waals surface area contributed by atoms with Crippen LogP contribution in [0.5, 0.6) is 5.75 Å². The topological polar surface area (TPSA) is 170 Å². The number of oxazole rings is 1. The van der Waals surface area contributed by atoms with Crippen LogP contribution in [0.4, 0.5) is 5.69 Å². The van der Waals surface area contributed by atoms with E-state index in [1.54, 1.807) is 22.8 Å². The fraction of sp³-hybridized carbons (Fsp3) is 0.375. The van der Waals surface area contributed by atoms with Gasteiger partial charge in [0.25, 0.3) is 0 Å². The second-order valence-electron chi connectivity index (χ2n) is 13.9. The van der Waals surface area contributed by atoms with E-state index in [1.807, 2.05) is 53.0 Å². The van der Waals surface area contributed by atoms with Crippen molar-refractivity contribution in [3.8, 4) is 5.75 Å². The minimum absolute atomic E-state index is 0.0580. The van der Waals surface area contributed by atoms with Crippen LogP contribution in [-0.2, 0) is 28.1 Å². The van der Waals surface area contributed by atoms with Crippen LogP contribution in [0.1, 0.15) is 65.5 Å². The normalized spacial score (nSPS) is 15.4. The number of aromatic hydroxyl groups is 1. The fourth-order valence-electron chi connectivity index (χ4n) is 7.15. The Balaban J connectivity index is 0.933. The van der Waals surface area contributed by atoms with E-state index in [2.05, 4.69) is 10.3 Å². The lowest BCUT2D eigenvalue weighted by atomic mass is 9.96. The number of thiophene rings is 2. The highest BCUT2D eigenvalue weighted by Crippen LogP contribution is 2.40. The number of anilines is 1. The molecule has 7 rings (SSSR count). The van der Waals surface area contributed by atoms with Gasteiger partial charge in [-0.25, -0.2) is 9.59 Å². The maximum atomic E-state index is 13.5. The number of phenols is 1. The third-order valence-electron chi connectivity index (χ3n) is 10.2. The van der Waals surface area contributed by atoms with Gasteiger partial charge in [0.05, 0.1) is 26.9 Å². The zero-order valence-electron chi connectivity index (χ0n) is 30.0. The number of carbonyl (C=O) groups excluding carboxylic acids is 1. The Bertz CT molecular complexity index is 2340. The average Bonchev–Trinajstić information content (AvgIpc) is 3.95. The van der Waals surface area contributed by atoms with Gasteiger partial charge in [0, 0.05) is 49.2 Å². The molecule has 1 saturated carbocycles. The molecule has 4 heterocycles. The Kier molecular flexibility index (Phi) is 11.4. The van der Waals surface area contributed by atoms with E-state index in [0.717, 1.165) is 43.4 Å². The molecule has 2 aromatic carbocycles. The van der Waals surface area contributed by atoms with Crippen LogP contribution in [0.25, 0.3) is 22.0 Å². The largest absolute Gasteiger partial charge is 0.506 e. The van der Waals surface area contributed by atoms with E-state index < -0.39 is 23.4 Å². The molecule has 1 fully saturated rings. The van der Waals surface area contributed by atoms with Gasteiger partial charge >= 0.3 is 11.7 Å². The van der Waals surface area contributed by atoms with Gasteiger partial charge in [-0.2, -0.15) is 0 Å². The summed E-state index contributed by atoms with van der Waals surface area (Å²) >= 11 is 2.65. The zero-order chi connectivity index (χ0) is 37.8. The Labute approximate surface area is 319 Å². The number of aromatic nitrogens is 2. The van der Waals surface area contributed by atoms with Crippen molar-refractivity contribution in [1.29, 1.82) is 0 Å². The van der Waals surface area contributed by atoms with Crippen molar-refractivity contribution in [1.82, 2.24) is 14.9 Å². The number of carbonyl (C=O) groups is 1. The molecule has 0 bridgehead atoms. The summed E-state index contributed by atoms with van der Waals surface area (Å²) in [5, 5.41) is 40.5. The predicted octanol–water partition coefficient (Wildman–Crippen LogP) is 5.77. The first-order valence-electron chi connectivity index (χ1n) is 18.3. The number of H-pyrrole nitrogens is 1. The number of nitrogens with one attached hydrogen (secondary N) is 2. The number of pyridine rings is 1. The first-order chi connectivity index (χ1) is 26.1. The molecule has 14 heteroatoms. The molecule has 5 N–H and O–H groups in total. The molecular weight excluding hydrogens is 729 g/mol. The van der Waals surface area contributed by atoms with Gasteiger partial charge in [-0.3, -0.25) is 9.36 Å². The fourth-order valence-corrected chi connectivity index (χ4v) is 9.08. The minimum Gasteiger partial charge on any atom is -0.506 e. The number of phenolic OH excluding ortho intramolecular Hbond substituents is 1. The summed E-state index contributed by atoms with van der Waals surface area (Å²) in [6.45, 7) is 1.88. The van der Waals surface area contributed by atoms with Crippen molar-refractivity contribution in [3.05, 3.63) is 113 Å². The number of aliphatic hydroxyl groups is 2. The number of nitrogens with zero attached hydrogens (tertiary/aromatic N) is 2. The van der Waals surface area contributed by atoms with Crippen molar-refractivity contribution in [2.75, 3.05) is 31.6 Å². The molecule has 4 aromatic heterocycles. The number of hydrogen-bond donors (Lipinski definition) is 5. The molecule has 0 amide bonds. The highest BCUT2D eigenvalue weighted by atomic mass is 32.1. The number of esters is 1. The van der Waals surface area contributed by atoms with Gasteiger partial charge in [-0.1, -0.05) is 24.6 Å². The second-order valence-corrected chi connectivity index (χ2v) is 15.7. The summed E-state index contributed by atoms with van der Waals surface area (Å²) < 4.78 is 13.1. The lowest BCUT2D eigenvalue weighted by Crippen LogP contribution is -2.39. The number of aromatic amines is 1. The molecule has 1 aliphatic carbocycles. The summed E-state index contributed by atoms with van der Waals surface area (Å²) in [6, 6.07) is 17.2. The lowest BCUT2D eigenvalue weighted by Gasteiger charge is -2.28. The molecule has 0 radical (unpaired) electrons. The van der Waals surface area contributed by atoms with Crippen LogP contribution in [-0.4, -0.2) is 63.6 Å². The van der Waals surface area contributed by atoms with Crippen LogP contribution in [0.15, 0.2) is 85.4 Å². The lowest BCUT2D eigenvalue weighted by molar-refractivity contribution is -0.168. The number of benzene rings is 2. The first kappa shape index (κ1) is 37.6. The zero-order valence-corrected chi connectivity index (χ0v) is 31.6. The van der Waals surface area contributed by atoms with E-state index in [-0.39, 0.29) is 29.5 Å². The van der Waals surface area contributed by atoms with Gasteiger partial charge in [0.1, 0.15) is 11.9 Å². The Morgan fingerprint density at radius 2 is 1.93 bits per heavy atom. The average molecular weight is 773 g/mol. The molecule has 284 valence electrons. The van der Waals surface area contributed by atoms with E-state index in [1.165, 1.54) is 34.8 Å². The number of hydrogen-bond acceptors (Lipinski definition) is 12. The standard InChI is InChI=1S/C40H44N4O8S2/c1-43(26-22-35(54-24-26)40(50,34-9-5-20-53-34)38(48)51-27-7-3-2-4-8-27)18-6-19-44-30-13-10-25(21-33(30)52-39(44)49)16-17-41-23-32(46)28-11-14-31(45)37-29(28)12-15-36(47)42-37/h5,9-15,20-22,24,27,32,41,45-46,50H,2-4,6-8,16-19,23H2,1H3,(H,42,47)/t32-,40?/m0/s1. The van der Waals surface area contributed by atoms with E-state index in [4.69, 9.17) is 9.15 Å². The van der Waals surface area contributed by atoms with Gasteiger partial charge in [-0.05, 0) is 98.0 Å². The number of ether oxygens (including phenoxy) is 1. The smallest absolute Gasteiger partial charge is 0.419 e. The van der Waals surface area contributed by atoms with Crippen LogP contribution in [0.2, 0.25) is 0 Å². The van der Waals surface area contributed by atoms with Crippen LogP contribution < -0.4 is 21.5 Å². The maximum Gasteiger partial charge on any atom is 0.419 e. The highest BCUT2D eigenvalue weighted by molar-refractivity contribution is 7.12. The number of fused-ring (bicyclic) bond motifs is 2. The molecule has 1 aliphatic rings. The van der Waals surface area contributed by atoms with Crippen molar-refractivity contribution >= 4 is 56.3 Å². The number of aryl methyl sites for hydroxylation is 1. The van der Waals surface area contributed by atoms with E-state index >= 15 is 0 Å². The summed E-state index contributed by atoms with van der Waals surface area (Å²) in [7, 11) is 1.95. The van der Waals surface area contributed by atoms with Crippen molar-refractivity contribution in [2.24, 2.45) is 0 Å². The molecule has 6 aromatic rings. The predicted molar refractivity (Wildman–Crippen MR) is 211 cm³/mol. The Hall–Kier alpha value is -4.73. The van der Waals surface area contributed by atoms with Gasteiger partial charge in [0.15, 0.2) is 5.58 Å². The van der Waals surface area contributed by atoms with Crippen molar-refractivity contribution in [2.45, 2.75) is 69.3 Å². The molecular formula is C40H44N4O8S2. The van der Waals surface area contributed by atoms with Gasteiger partial charge in [-0.15, -0.1) is 22.7 Å². The third kappa shape index (κ3) is 7.89. The van der Waals surface area contributed by atoms with E-state index in [0.29, 0.717) is 64.3 Å². The van der Waals surface area contributed by atoms with Crippen molar-refractivity contribution < 1.29 is 29.3 Å². The molecule has 1 unspecified atom stereocenters. The Morgan fingerprint density at radius 3 is 2.72 bits per heavy atom. The van der Waals surface area contributed by atoms with Gasteiger partial charge < -0.3 is 39.7 Å². The third-order valence-corrected chi connectivity index (χ3v) is 12.2. The monoisotopic (exact) mass is 772 g/mol. The molecule has 12 nitrogen and oxygen atoms in total. The second kappa shape index (κ2) is 16.3. The number of aliphatic hydroxyl groups excluding tert-OH is 1. The van der Waals surface area contributed by atoms with Crippen molar-refractivity contribution in [3.63, 3.8) is 0 Å². The first-order valence-corrected chi connectivity index (χ1v) is 20.0. The quantitative estimate of drug-likeness (QED) is 0.0638. The summed E-state index contributed by atoms with van der Waals surface area (Å²) in [5.74, 6) is -1.11. The maximum absolute atomic E-state index is 13.5. The van der Waals surface area contributed by atoms with Crippen LogP contribution in [0.3, 0.4) is 0 Å². The molecule has 0 saturated heterocycles. The minimum atomic E-state index is -1.87. The summed E-state index contributed by atoms with van der Waals surface area (Å²) in [6.07, 6.45) is 5.06. The van der Waals surface area contributed by atoms with Gasteiger partial charge in [0.2, 0.25) is 11.2 Å². The molecule has 0 spiro atoms. The summed E-state index contributed by atoms with van der Waals surface area (Å²) in [4.78, 5) is 43.8. The molecule has 0 aliphatic heterocycles. The Morgan fingerprint density at radius 1 is 1.09 bits per heavy atom. The van der Waals surface area contributed by atoms with Crippen LogP contribution >= 0.6 is 22.7 Å². The number of rotatable bonds is 15.